The molecule has 1 aromatic heterocycles. The van der Waals surface area contributed by atoms with Crippen molar-refractivity contribution in [1.82, 2.24) is 10.2 Å². The Balaban J connectivity index is 2.04. The van der Waals surface area contributed by atoms with E-state index in [9.17, 15) is 4.39 Å². The fourth-order valence-electron chi connectivity index (χ4n) is 2.68. The normalized spacial score (nSPS) is 17.9. The van der Waals surface area contributed by atoms with Crippen LogP contribution in [-0.4, -0.2) is 31.1 Å². The minimum Gasteiger partial charge on any atom is -0.314 e. The summed E-state index contributed by atoms with van der Waals surface area (Å²) in [5.74, 6) is -0.189. The molecule has 0 amide bonds. The lowest BCUT2D eigenvalue weighted by Crippen LogP contribution is -2.45. The zero-order valence-corrected chi connectivity index (χ0v) is 14.4. The van der Waals surface area contributed by atoms with Crippen LogP contribution in [0.3, 0.4) is 0 Å². The van der Waals surface area contributed by atoms with Crippen LogP contribution in [0, 0.1) is 5.82 Å². The zero-order chi connectivity index (χ0) is 14.8. The Kier molecular flexibility index (Phi) is 4.96. The van der Waals surface area contributed by atoms with Crippen LogP contribution in [0.15, 0.2) is 34.8 Å². The molecule has 21 heavy (non-hydrogen) atoms. The SMILES string of the molecule is Fc1c(Br)cccc1[C@@H](c1ccc(Cl)s1)N1CCNCC1. The lowest BCUT2D eigenvalue weighted by molar-refractivity contribution is 0.197. The molecule has 2 heterocycles. The molecule has 2 nitrogen and oxygen atoms in total. The average Bonchev–Trinajstić information content (AvgIpc) is 2.91. The summed E-state index contributed by atoms with van der Waals surface area (Å²) in [6, 6.07) is 9.27. The molecule has 6 heteroatoms. The number of rotatable bonds is 3. The number of nitrogens with one attached hydrogen (secondary N) is 1. The molecule has 1 aliphatic rings. The van der Waals surface area contributed by atoms with Crippen molar-refractivity contribution in [2.45, 2.75) is 6.04 Å². The minimum absolute atomic E-state index is 0.0814. The van der Waals surface area contributed by atoms with Gasteiger partial charge in [-0.1, -0.05) is 23.7 Å². The maximum atomic E-state index is 14.6. The molecule has 1 atom stereocenters. The van der Waals surface area contributed by atoms with E-state index >= 15 is 0 Å². The highest BCUT2D eigenvalue weighted by Gasteiger charge is 2.28. The van der Waals surface area contributed by atoms with Crippen LogP contribution in [-0.2, 0) is 0 Å². The van der Waals surface area contributed by atoms with Gasteiger partial charge in [0.2, 0.25) is 0 Å². The van der Waals surface area contributed by atoms with E-state index in [-0.39, 0.29) is 11.9 Å². The van der Waals surface area contributed by atoms with E-state index in [1.54, 1.807) is 6.07 Å². The predicted molar refractivity (Wildman–Crippen MR) is 89.7 cm³/mol. The molecule has 1 N–H and O–H groups in total. The minimum atomic E-state index is -0.189. The molecule has 1 aromatic carbocycles. The molecular formula is C15H15BrClFN2S. The molecule has 1 saturated heterocycles. The average molecular weight is 390 g/mol. The molecular weight excluding hydrogens is 375 g/mol. The molecule has 0 unspecified atom stereocenters. The third-order valence-corrected chi connectivity index (χ3v) is 5.55. The Bertz CT molecular complexity index is 628. The third-order valence-electron chi connectivity index (χ3n) is 3.66. The van der Waals surface area contributed by atoms with Crippen LogP contribution in [0.5, 0.6) is 0 Å². The molecule has 0 bridgehead atoms. The third kappa shape index (κ3) is 3.32. The van der Waals surface area contributed by atoms with E-state index in [2.05, 4.69) is 26.1 Å². The van der Waals surface area contributed by atoms with E-state index < -0.39 is 0 Å². The van der Waals surface area contributed by atoms with Crippen molar-refractivity contribution in [3.8, 4) is 0 Å². The fourth-order valence-corrected chi connectivity index (χ4v) is 4.27. The molecule has 112 valence electrons. The van der Waals surface area contributed by atoms with Gasteiger partial charge in [-0.15, -0.1) is 11.3 Å². The fraction of sp³-hybridized carbons (Fsp3) is 0.333. The number of piperazine rings is 1. The van der Waals surface area contributed by atoms with Crippen molar-refractivity contribution in [1.29, 1.82) is 0 Å². The van der Waals surface area contributed by atoms with Gasteiger partial charge in [0.15, 0.2) is 0 Å². The Hall–Kier alpha value is -0.460. The van der Waals surface area contributed by atoms with Crippen molar-refractivity contribution in [2.75, 3.05) is 26.2 Å². The molecule has 2 aromatic rings. The van der Waals surface area contributed by atoms with Crippen LogP contribution in [0.4, 0.5) is 4.39 Å². The number of halogens is 3. The van der Waals surface area contributed by atoms with Gasteiger partial charge in [0.1, 0.15) is 5.82 Å². The summed E-state index contributed by atoms with van der Waals surface area (Å²) in [6.07, 6.45) is 0. The summed E-state index contributed by atoms with van der Waals surface area (Å²) in [5.41, 5.74) is 0.699. The highest BCUT2D eigenvalue weighted by molar-refractivity contribution is 9.10. The molecule has 3 rings (SSSR count). The first kappa shape index (κ1) is 15.4. The first-order chi connectivity index (χ1) is 10.2. The molecule has 1 aliphatic heterocycles. The first-order valence-electron chi connectivity index (χ1n) is 6.81. The second-order valence-corrected chi connectivity index (χ2v) is 7.57. The van der Waals surface area contributed by atoms with Gasteiger partial charge < -0.3 is 5.32 Å². The second-order valence-electron chi connectivity index (χ2n) is 4.97. The van der Waals surface area contributed by atoms with Crippen molar-refractivity contribution in [3.05, 3.63) is 55.4 Å². The van der Waals surface area contributed by atoms with Crippen molar-refractivity contribution < 1.29 is 4.39 Å². The highest BCUT2D eigenvalue weighted by Crippen LogP contribution is 2.37. The summed E-state index contributed by atoms with van der Waals surface area (Å²) < 4.78 is 15.8. The topological polar surface area (TPSA) is 15.3 Å². The number of benzene rings is 1. The predicted octanol–water partition coefficient (Wildman–Crippen LogP) is 4.30. The van der Waals surface area contributed by atoms with Gasteiger partial charge in [0.25, 0.3) is 0 Å². The molecule has 0 radical (unpaired) electrons. The van der Waals surface area contributed by atoms with Crippen LogP contribution < -0.4 is 5.32 Å². The van der Waals surface area contributed by atoms with Crippen LogP contribution in [0.2, 0.25) is 4.34 Å². The number of hydrogen-bond donors (Lipinski definition) is 1. The summed E-state index contributed by atoms with van der Waals surface area (Å²) in [5, 5.41) is 3.34. The van der Waals surface area contributed by atoms with Gasteiger partial charge >= 0.3 is 0 Å². The highest BCUT2D eigenvalue weighted by atomic mass is 79.9. The Morgan fingerprint density at radius 2 is 2.00 bits per heavy atom. The van der Waals surface area contributed by atoms with Gasteiger partial charge in [0, 0.05) is 36.6 Å². The zero-order valence-electron chi connectivity index (χ0n) is 11.3. The van der Waals surface area contributed by atoms with Crippen molar-refractivity contribution in [2.24, 2.45) is 0 Å². The van der Waals surface area contributed by atoms with E-state index in [4.69, 9.17) is 11.6 Å². The quantitative estimate of drug-likeness (QED) is 0.842. The van der Waals surface area contributed by atoms with Crippen LogP contribution in [0.1, 0.15) is 16.5 Å². The standard InChI is InChI=1S/C15H15BrClFN2S/c16-11-3-1-2-10(14(11)18)15(12-4-5-13(17)21-12)20-8-6-19-7-9-20/h1-5,15,19H,6-9H2/t15-/m0/s1. The van der Waals surface area contributed by atoms with Crippen LogP contribution in [0.25, 0.3) is 0 Å². The number of nitrogens with zero attached hydrogens (tertiary/aromatic N) is 1. The van der Waals surface area contributed by atoms with Crippen molar-refractivity contribution >= 4 is 38.9 Å². The summed E-state index contributed by atoms with van der Waals surface area (Å²) in [4.78, 5) is 3.39. The smallest absolute Gasteiger partial charge is 0.142 e. The van der Waals surface area contributed by atoms with E-state index in [0.29, 0.717) is 10.0 Å². The van der Waals surface area contributed by atoms with E-state index in [1.807, 2.05) is 24.3 Å². The second kappa shape index (κ2) is 6.75. The largest absolute Gasteiger partial charge is 0.314 e. The molecule has 0 spiro atoms. The Labute approximate surface area is 141 Å². The summed E-state index contributed by atoms with van der Waals surface area (Å²) >= 11 is 10.9. The van der Waals surface area contributed by atoms with Gasteiger partial charge in [0.05, 0.1) is 14.9 Å². The van der Waals surface area contributed by atoms with Gasteiger partial charge in [-0.3, -0.25) is 4.90 Å². The molecule has 0 saturated carbocycles. The summed E-state index contributed by atoms with van der Waals surface area (Å²) in [6.45, 7) is 3.63. The monoisotopic (exact) mass is 388 g/mol. The Morgan fingerprint density at radius 1 is 1.24 bits per heavy atom. The Morgan fingerprint density at radius 3 is 2.67 bits per heavy atom. The maximum Gasteiger partial charge on any atom is 0.142 e. The molecule has 1 fully saturated rings. The van der Waals surface area contributed by atoms with Crippen LogP contribution >= 0.6 is 38.9 Å². The van der Waals surface area contributed by atoms with Gasteiger partial charge in [-0.05, 0) is 34.1 Å². The number of hydrogen-bond acceptors (Lipinski definition) is 3. The van der Waals surface area contributed by atoms with E-state index in [0.717, 1.165) is 35.4 Å². The lowest BCUT2D eigenvalue weighted by atomic mass is 10.0. The maximum absolute atomic E-state index is 14.6. The lowest BCUT2D eigenvalue weighted by Gasteiger charge is -2.35. The first-order valence-corrected chi connectivity index (χ1v) is 8.79. The molecule has 0 aliphatic carbocycles. The van der Waals surface area contributed by atoms with E-state index in [1.165, 1.54) is 11.3 Å². The van der Waals surface area contributed by atoms with Crippen molar-refractivity contribution in [3.63, 3.8) is 0 Å². The van der Waals surface area contributed by atoms with Gasteiger partial charge in [-0.25, -0.2) is 4.39 Å². The van der Waals surface area contributed by atoms with Gasteiger partial charge in [-0.2, -0.15) is 0 Å². The summed E-state index contributed by atoms with van der Waals surface area (Å²) in [7, 11) is 0. The number of thiophene rings is 1.